The summed E-state index contributed by atoms with van der Waals surface area (Å²) in [6.45, 7) is 2.86. The highest BCUT2D eigenvalue weighted by Crippen LogP contribution is 1.90. The number of rotatable bonds is 4. The van der Waals surface area contributed by atoms with E-state index >= 15 is 0 Å². The van der Waals surface area contributed by atoms with Crippen molar-refractivity contribution in [2.24, 2.45) is 0 Å². The molecule has 0 aliphatic rings. The molecule has 1 amide bonds. The largest absolute Gasteiger partial charge is 0.347 e. The molecular formula is C9H12N6O. The molecule has 2 aromatic rings. The Morgan fingerprint density at radius 1 is 1.62 bits per heavy atom. The van der Waals surface area contributed by atoms with E-state index < -0.39 is 0 Å². The fourth-order valence-corrected chi connectivity index (χ4v) is 1.24. The summed E-state index contributed by atoms with van der Waals surface area (Å²) < 4.78 is 1.74. The van der Waals surface area contributed by atoms with Gasteiger partial charge in [-0.25, -0.2) is 4.98 Å². The van der Waals surface area contributed by atoms with E-state index in [4.69, 9.17) is 0 Å². The molecule has 0 unspecified atom stereocenters. The summed E-state index contributed by atoms with van der Waals surface area (Å²) in [6.07, 6.45) is 3.53. The monoisotopic (exact) mass is 220 g/mol. The van der Waals surface area contributed by atoms with Crippen LogP contribution in [0.25, 0.3) is 0 Å². The first-order chi connectivity index (χ1) is 7.75. The van der Waals surface area contributed by atoms with Crippen LogP contribution < -0.4 is 5.32 Å². The molecule has 2 heterocycles. The summed E-state index contributed by atoms with van der Waals surface area (Å²) in [4.78, 5) is 15.4. The van der Waals surface area contributed by atoms with E-state index in [1.165, 1.54) is 0 Å². The molecule has 0 aliphatic heterocycles. The number of nitrogens with one attached hydrogen (secondary N) is 2. The molecule has 0 saturated heterocycles. The zero-order valence-corrected chi connectivity index (χ0v) is 8.84. The van der Waals surface area contributed by atoms with Crippen molar-refractivity contribution in [2.75, 3.05) is 6.54 Å². The summed E-state index contributed by atoms with van der Waals surface area (Å²) in [5, 5.41) is 13.1. The molecule has 7 nitrogen and oxygen atoms in total. The minimum atomic E-state index is -0.281. The molecule has 0 saturated carbocycles. The second kappa shape index (κ2) is 4.56. The smallest absolute Gasteiger partial charge is 0.291 e. The number of H-pyrrole nitrogens is 1. The first-order valence-corrected chi connectivity index (χ1v) is 4.90. The minimum Gasteiger partial charge on any atom is -0.347 e. The average molecular weight is 220 g/mol. The van der Waals surface area contributed by atoms with E-state index in [-0.39, 0.29) is 11.7 Å². The van der Waals surface area contributed by atoms with Crippen LogP contribution in [0.3, 0.4) is 0 Å². The normalized spacial score (nSPS) is 10.3. The van der Waals surface area contributed by atoms with Gasteiger partial charge in [-0.15, -0.1) is 5.10 Å². The van der Waals surface area contributed by atoms with Gasteiger partial charge in [-0.1, -0.05) is 0 Å². The van der Waals surface area contributed by atoms with Gasteiger partial charge in [-0.3, -0.25) is 14.6 Å². The maximum atomic E-state index is 11.5. The van der Waals surface area contributed by atoms with Gasteiger partial charge < -0.3 is 5.32 Å². The Balaban J connectivity index is 1.80. The molecule has 2 N–H and O–H groups in total. The van der Waals surface area contributed by atoms with Crippen LogP contribution in [0.4, 0.5) is 0 Å². The molecule has 2 rings (SSSR count). The van der Waals surface area contributed by atoms with E-state index in [0.29, 0.717) is 18.9 Å². The molecule has 0 bridgehead atoms. The number of amides is 1. The highest BCUT2D eigenvalue weighted by molar-refractivity contribution is 5.90. The van der Waals surface area contributed by atoms with Crippen LogP contribution >= 0.6 is 0 Å². The van der Waals surface area contributed by atoms with Gasteiger partial charge in [0.25, 0.3) is 5.91 Å². The molecule has 16 heavy (non-hydrogen) atoms. The quantitative estimate of drug-likeness (QED) is 0.743. The Bertz CT molecular complexity index is 460. The first-order valence-electron chi connectivity index (χ1n) is 4.90. The van der Waals surface area contributed by atoms with Crippen molar-refractivity contribution in [2.45, 2.75) is 13.5 Å². The van der Waals surface area contributed by atoms with Gasteiger partial charge in [-0.05, 0) is 13.0 Å². The van der Waals surface area contributed by atoms with Crippen LogP contribution in [0.5, 0.6) is 0 Å². The summed E-state index contributed by atoms with van der Waals surface area (Å²) in [5.41, 5.74) is 0. The predicted molar refractivity (Wildman–Crippen MR) is 55.7 cm³/mol. The maximum Gasteiger partial charge on any atom is 0.291 e. The Kier molecular flexibility index (Phi) is 2.95. The Morgan fingerprint density at radius 2 is 2.50 bits per heavy atom. The number of nitrogens with zero attached hydrogens (tertiary/aromatic N) is 4. The van der Waals surface area contributed by atoms with Gasteiger partial charge in [0.15, 0.2) is 0 Å². The van der Waals surface area contributed by atoms with Crippen molar-refractivity contribution >= 4 is 5.91 Å². The van der Waals surface area contributed by atoms with Gasteiger partial charge in [-0.2, -0.15) is 5.10 Å². The summed E-state index contributed by atoms with van der Waals surface area (Å²) in [6, 6.07) is 1.83. The van der Waals surface area contributed by atoms with Crippen molar-refractivity contribution in [3.05, 3.63) is 30.1 Å². The van der Waals surface area contributed by atoms with E-state index in [1.807, 2.05) is 12.3 Å². The predicted octanol–water partition coefficient (Wildman–Crippen LogP) is -0.260. The molecule has 0 radical (unpaired) electrons. The van der Waals surface area contributed by atoms with Gasteiger partial charge in [0, 0.05) is 18.9 Å². The Labute approximate surface area is 91.9 Å². The average Bonchev–Trinajstić information content (AvgIpc) is 2.89. The van der Waals surface area contributed by atoms with Crippen molar-refractivity contribution in [3.8, 4) is 0 Å². The van der Waals surface area contributed by atoms with E-state index in [2.05, 4.69) is 25.6 Å². The molecule has 0 atom stereocenters. The van der Waals surface area contributed by atoms with Gasteiger partial charge >= 0.3 is 0 Å². The summed E-state index contributed by atoms with van der Waals surface area (Å²) in [5.74, 6) is 0.506. The SMILES string of the molecule is Cc1nc(C(=O)NCCn2cccn2)n[nH]1. The fraction of sp³-hybridized carbons (Fsp3) is 0.333. The van der Waals surface area contributed by atoms with E-state index in [0.717, 1.165) is 0 Å². The molecule has 0 aliphatic carbocycles. The van der Waals surface area contributed by atoms with Gasteiger partial charge in [0.1, 0.15) is 5.82 Å². The second-order valence-corrected chi connectivity index (χ2v) is 3.27. The third kappa shape index (κ3) is 2.44. The number of hydrogen-bond donors (Lipinski definition) is 2. The van der Waals surface area contributed by atoms with Crippen molar-refractivity contribution in [1.82, 2.24) is 30.3 Å². The topological polar surface area (TPSA) is 88.5 Å². The highest BCUT2D eigenvalue weighted by Gasteiger charge is 2.09. The molecule has 0 spiro atoms. The lowest BCUT2D eigenvalue weighted by Crippen LogP contribution is -2.28. The highest BCUT2D eigenvalue weighted by atomic mass is 16.2. The molecule has 7 heteroatoms. The molecular weight excluding hydrogens is 208 g/mol. The van der Waals surface area contributed by atoms with E-state index in [1.54, 1.807) is 17.8 Å². The molecule has 2 aromatic heterocycles. The minimum absolute atomic E-state index is 0.165. The number of carbonyl (C=O) groups excluding carboxylic acids is 1. The zero-order chi connectivity index (χ0) is 11.4. The lowest BCUT2D eigenvalue weighted by molar-refractivity contribution is 0.0942. The first kappa shape index (κ1) is 10.3. The van der Waals surface area contributed by atoms with Crippen molar-refractivity contribution < 1.29 is 4.79 Å². The van der Waals surface area contributed by atoms with Crippen LogP contribution in [0, 0.1) is 6.92 Å². The lowest BCUT2D eigenvalue weighted by Gasteiger charge is -2.02. The molecule has 84 valence electrons. The summed E-state index contributed by atoms with van der Waals surface area (Å²) in [7, 11) is 0. The number of aromatic amines is 1. The van der Waals surface area contributed by atoms with Gasteiger partial charge in [0.2, 0.25) is 5.82 Å². The Hall–Kier alpha value is -2.18. The molecule has 0 aromatic carbocycles. The third-order valence-corrected chi connectivity index (χ3v) is 1.99. The van der Waals surface area contributed by atoms with Crippen LogP contribution in [0.1, 0.15) is 16.4 Å². The van der Waals surface area contributed by atoms with Crippen molar-refractivity contribution in [1.29, 1.82) is 0 Å². The van der Waals surface area contributed by atoms with Crippen LogP contribution in [-0.2, 0) is 6.54 Å². The zero-order valence-electron chi connectivity index (χ0n) is 8.84. The van der Waals surface area contributed by atoms with Crippen LogP contribution in [0.15, 0.2) is 18.5 Å². The lowest BCUT2D eigenvalue weighted by atomic mass is 10.5. The number of aryl methyl sites for hydroxylation is 1. The Morgan fingerprint density at radius 3 is 3.12 bits per heavy atom. The number of carbonyl (C=O) groups is 1. The van der Waals surface area contributed by atoms with Crippen molar-refractivity contribution in [3.63, 3.8) is 0 Å². The van der Waals surface area contributed by atoms with E-state index in [9.17, 15) is 4.79 Å². The van der Waals surface area contributed by atoms with Crippen LogP contribution in [-0.4, -0.2) is 37.4 Å². The van der Waals surface area contributed by atoms with Crippen LogP contribution in [0.2, 0.25) is 0 Å². The number of aromatic nitrogens is 5. The second-order valence-electron chi connectivity index (χ2n) is 3.27. The standard InChI is InChI=1S/C9H12N6O/c1-7-12-8(14-13-7)9(16)10-4-6-15-5-2-3-11-15/h2-3,5H,4,6H2,1H3,(H,10,16)(H,12,13,14). The fourth-order valence-electron chi connectivity index (χ4n) is 1.24. The molecule has 0 fully saturated rings. The van der Waals surface area contributed by atoms with Gasteiger partial charge in [0.05, 0.1) is 6.54 Å². The number of hydrogen-bond acceptors (Lipinski definition) is 4. The third-order valence-electron chi connectivity index (χ3n) is 1.99. The summed E-state index contributed by atoms with van der Waals surface area (Å²) >= 11 is 0. The maximum absolute atomic E-state index is 11.5.